The molecular weight excluding hydrogens is 698 g/mol. The van der Waals surface area contributed by atoms with Crippen molar-refractivity contribution in [2.24, 2.45) is 17.2 Å². The minimum atomic E-state index is -2.02. The van der Waals surface area contributed by atoms with Crippen molar-refractivity contribution in [2.45, 2.75) is 92.1 Å². The number of aromatic nitrogens is 2. The first-order valence-corrected chi connectivity index (χ1v) is 16.1. The molecule has 0 saturated carbocycles. The number of hydrogen-bond acceptors (Lipinski definition) is 16. The summed E-state index contributed by atoms with van der Waals surface area (Å²) >= 11 is 1.05. The van der Waals surface area contributed by atoms with Gasteiger partial charge in [0.1, 0.15) is 54.8 Å². The normalized spacial score (nSPS) is 33.4. The van der Waals surface area contributed by atoms with Gasteiger partial charge in [-0.05, 0) is 12.2 Å². The van der Waals surface area contributed by atoms with Gasteiger partial charge in [0.2, 0.25) is 5.91 Å². The molecule has 278 valence electrons. The van der Waals surface area contributed by atoms with Crippen molar-refractivity contribution < 1.29 is 68.5 Å². The number of urea groups is 1. The summed E-state index contributed by atoms with van der Waals surface area (Å²) in [6, 6.07) is -6.66. The third kappa shape index (κ3) is 8.77. The molecule has 3 saturated heterocycles. The van der Waals surface area contributed by atoms with Gasteiger partial charge in [0.25, 0.3) is 5.56 Å². The third-order valence-corrected chi connectivity index (χ3v) is 9.28. The Balaban J connectivity index is 1.53. The quantitative estimate of drug-likeness (QED) is 0.0791. The van der Waals surface area contributed by atoms with Gasteiger partial charge in [0, 0.05) is 24.4 Å². The van der Waals surface area contributed by atoms with E-state index < -0.39 is 120 Å². The van der Waals surface area contributed by atoms with Crippen LogP contribution in [0.2, 0.25) is 0 Å². The largest absolute Gasteiger partial charge is 0.480 e. The molecule has 3 amide bonds. The second-order valence-electron chi connectivity index (χ2n) is 11.6. The van der Waals surface area contributed by atoms with Crippen LogP contribution < -0.4 is 39.1 Å². The summed E-state index contributed by atoms with van der Waals surface area (Å²) in [7, 11) is 0. The SMILES string of the molecule is NC(=O)NC1C(OC2OC(C(=O)NC(CCSCC(N)C(=O)O)C(=O)O)CC(N)C2O)C(C(=O)O)OC2C(O)C(c3c[nH]c(=O)[nH]c3=O)OC12. The highest BCUT2D eigenvalue weighted by Gasteiger charge is 2.60. The lowest BCUT2D eigenvalue weighted by atomic mass is 9.90. The summed E-state index contributed by atoms with van der Waals surface area (Å²) in [5, 5.41) is 55.0. The molecule has 0 radical (unpaired) electrons. The van der Waals surface area contributed by atoms with E-state index >= 15 is 0 Å². The van der Waals surface area contributed by atoms with Crippen LogP contribution in [0.4, 0.5) is 4.79 Å². The van der Waals surface area contributed by atoms with E-state index in [1.807, 2.05) is 4.98 Å². The number of nitrogens with one attached hydrogen (secondary N) is 4. The number of primary amides is 1. The zero-order chi connectivity index (χ0) is 37.0. The number of fused-ring (bicyclic) bond motifs is 1. The number of carboxylic acid groups (broad SMARTS) is 3. The first kappa shape index (κ1) is 38.7. The van der Waals surface area contributed by atoms with Crippen molar-refractivity contribution >= 4 is 41.6 Å². The standard InChI is InChI=1S/C26H37N7O16S/c27-7-3-10(20(37)31-9(22(40)41)1-2-50-5-8(28)21(38)39)46-24(12(7)34)49-16-11(32-25(29)44)15-17(48-18(16)23(42)43)13(35)14(47-15)6-4-30-26(45)33-19(6)36/h4,7-18,24,34-35H,1-3,5,27-28H2,(H,31,37)(H,38,39)(H,40,41)(H,42,43)(H3,29,32,44)(H2,30,33,36,45). The molecule has 23 nitrogen and oxygen atoms in total. The first-order valence-electron chi connectivity index (χ1n) is 14.9. The van der Waals surface area contributed by atoms with Crippen LogP contribution in [0.25, 0.3) is 0 Å². The van der Waals surface area contributed by atoms with E-state index in [0.29, 0.717) is 0 Å². The summed E-state index contributed by atoms with van der Waals surface area (Å²) in [6.45, 7) is 0. The molecular formula is C26H37N7O16S. The number of carbonyl (C=O) groups excluding carboxylic acids is 2. The number of hydrogen-bond donors (Lipinski definition) is 12. The van der Waals surface area contributed by atoms with E-state index in [1.54, 1.807) is 0 Å². The molecule has 0 spiro atoms. The minimum absolute atomic E-state index is 0.0153. The van der Waals surface area contributed by atoms with Gasteiger partial charge in [-0.15, -0.1) is 0 Å². The topological polar surface area (TPSA) is 391 Å². The zero-order valence-electron chi connectivity index (χ0n) is 25.8. The van der Waals surface area contributed by atoms with E-state index in [2.05, 4.69) is 15.6 Å². The van der Waals surface area contributed by atoms with Crippen LogP contribution in [0.3, 0.4) is 0 Å². The summed E-state index contributed by atoms with van der Waals surface area (Å²) in [6.07, 6.45) is -14.7. The van der Waals surface area contributed by atoms with Crippen molar-refractivity contribution in [3.05, 3.63) is 32.6 Å². The van der Waals surface area contributed by atoms with Gasteiger partial charge in [0.05, 0.1) is 11.6 Å². The summed E-state index contributed by atoms with van der Waals surface area (Å²) in [4.78, 5) is 88.5. The number of carbonyl (C=O) groups is 5. The molecule has 0 aliphatic carbocycles. The van der Waals surface area contributed by atoms with Gasteiger partial charge >= 0.3 is 29.6 Å². The van der Waals surface area contributed by atoms with Gasteiger partial charge in [-0.25, -0.2) is 19.2 Å². The number of rotatable bonds is 14. The van der Waals surface area contributed by atoms with E-state index in [1.165, 1.54) is 0 Å². The monoisotopic (exact) mass is 735 g/mol. The highest BCUT2D eigenvalue weighted by atomic mass is 32.2. The predicted octanol–water partition coefficient (Wildman–Crippen LogP) is -5.95. The van der Waals surface area contributed by atoms with Gasteiger partial charge in [-0.2, -0.15) is 11.8 Å². The van der Waals surface area contributed by atoms with Gasteiger partial charge in [0.15, 0.2) is 12.4 Å². The maximum atomic E-state index is 13.1. The molecule has 13 atom stereocenters. The van der Waals surface area contributed by atoms with Crippen LogP contribution in [0.15, 0.2) is 15.8 Å². The maximum absolute atomic E-state index is 13.1. The van der Waals surface area contributed by atoms with Crippen molar-refractivity contribution in [3.8, 4) is 0 Å². The predicted molar refractivity (Wildman–Crippen MR) is 163 cm³/mol. The smallest absolute Gasteiger partial charge is 0.335 e. The van der Waals surface area contributed by atoms with Gasteiger partial charge in [-0.3, -0.25) is 19.4 Å². The number of aliphatic carboxylic acids is 3. The fraction of sp³-hybridized carbons (Fsp3) is 0.654. The minimum Gasteiger partial charge on any atom is -0.480 e. The van der Waals surface area contributed by atoms with Crippen LogP contribution in [0.5, 0.6) is 0 Å². The lowest BCUT2D eigenvalue weighted by Gasteiger charge is -2.45. The number of aromatic amines is 2. The number of amides is 3. The molecule has 24 heteroatoms. The Kier molecular flexibility index (Phi) is 12.6. The lowest BCUT2D eigenvalue weighted by molar-refractivity contribution is -0.291. The number of thioether (sulfide) groups is 1. The Morgan fingerprint density at radius 3 is 2.34 bits per heavy atom. The fourth-order valence-corrected chi connectivity index (χ4v) is 6.63. The second-order valence-corrected chi connectivity index (χ2v) is 12.8. The molecule has 0 bridgehead atoms. The van der Waals surface area contributed by atoms with Crippen molar-refractivity contribution in [1.82, 2.24) is 20.6 Å². The number of H-pyrrole nitrogens is 2. The van der Waals surface area contributed by atoms with Crippen LogP contribution >= 0.6 is 11.8 Å². The van der Waals surface area contributed by atoms with Gasteiger partial charge < -0.3 is 77.3 Å². The van der Waals surface area contributed by atoms with E-state index in [4.69, 9.17) is 41.3 Å². The molecule has 1 aromatic rings. The molecule has 3 aliphatic rings. The van der Waals surface area contributed by atoms with Crippen LogP contribution in [0.1, 0.15) is 24.5 Å². The van der Waals surface area contributed by atoms with E-state index in [9.17, 15) is 54.0 Å². The average Bonchev–Trinajstić information content (AvgIpc) is 3.36. The van der Waals surface area contributed by atoms with Crippen molar-refractivity contribution in [1.29, 1.82) is 0 Å². The van der Waals surface area contributed by atoms with Gasteiger partial charge in [-0.1, -0.05) is 0 Å². The molecule has 15 N–H and O–H groups in total. The Hall–Kier alpha value is -4.14. The number of aliphatic hydroxyl groups is 2. The number of carboxylic acids is 3. The molecule has 3 fully saturated rings. The highest BCUT2D eigenvalue weighted by Crippen LogP contribution is 2.41. The summed E-state index contributed by atoms with van der Waals surface area (Å²) < 4.78 is 22.9. The number of ether oxygens (including phenoxy) is 4. The molecule has 4 rings (SSSR count). The third-order valence-electron chi connectivity index (χ3n) is 8.16. The molecule has 13 unspecified atom stereocenters. The second kappa shape index (κ2) is 16.3. The number of nitrogens with two attached hydrogens (primary N) is 3. The van der Waals surface area contributed by atoms with Crippen LogP contribution in [-0.2, 0) is 38.1 Å². The highest BCUT2D eigenvalue weighted by molar-refractivity contribution is 7.99. The fourth-order valence-electron chi connectivity index (χ4n) is 5.66. The molecule has 0 aromatic carbocycles. The van der Waals surface area contributed by atoms with Crippen molar-refractivity contribution in [3.63, 3.8) is 0 Å². The zero-order valence-corrected chi connectivity index (χ0v) is 26.6. The molecule has 4 heterocycles. The Labute approximate surface area is 284 Å². The first-order chi connectivity index (χ1) is 23.5. The Morgan fingerprint density at radius 2 is 1.74 bits per heavy atom. The summed E-state index contributed by atoms with van der Waals surface area (Å²) in [5.41, 5.74) is 14.7. The Bertz CT molecular complexity index is 1560. The molecule has 50 heavy (non-hydrogen) atoms. The van der Waals surface area contributed by atoms with Crippen LogP contribution in [0, 0.1) is 0 Å². The van der Waals surface area contributed by atoms with Crippen LogP contribution in [-0.4, -0.2) is 150 Å². The van der Waals surface area contributed by atoms with E-state index in [0.717, 1.165) is 18.0 Å². The average molecular weight is 736 g/mol. The molecule has 1 aromatic heterocycles. The summed E-state index contributed by atoms with van der Waals surface area (Å²) in [5.74, 6) is -5.24. The maximum Gasteiger partial charge on any atom is 0.335 e. The van der Waals surface area contributed by atoms with E-state index in [-0.39, 0.29) is 29.9 Å². The molecule has 3 aliphatic heterocycles. The lowest BCUT2D eigenvalue weighted by Crippen LogP contribution is -2.68. The Morgan fingerprint density at radius 1 is 1.04 bits per heavy atom. The number of aliphatic hydroxyl groups excluding tert-OH is 2. The van der Waals surface area contributed by atoms with Crippen molar-refractivity contribution in [2.75, 3.05) is 11.5 Å².